The third kappa shape index (κ3) is 9.80. The van der Waals surface area contributed by atoms with Crippen molar-refractivity contribution in [3.8, 4) is 0 Å². The quantitative estimate of drug-likeness (QED) is 0.651. The van der Waals surface area contributed by atoms with Crippen LogP contribution in [0.4, 0.5) is 0 Å². The molecule has 0 aliphatic rings. The molecule has 0 fully saturated rings. The van der Waals surface area contributed by atoms with Crippen molar-refractivity contribution >= 4 is 25.9 Å². The zero-order valence-electron chi connectivity index (χ0n) is 6.82. The van der Waals surface area contributed by atoms with Crippen molar-refractivity contribution in [1.29, 1.82) is 0 Å². The molecule has 1 atom stereocenters. The van der Waals surface area contributed by atoms with Crippen molar-refractivity contribution in [2.24, 2.45) is 0 Å². The van der Waals surface area contributed by atoms with Crippen molar-refractivity contribution < 1.29 is 18.3 Å². The smallest absolute Gasteiger partial charge is 0.303 e. The summed E-state index contributed by atoms with van der Waals surface area (Å²) >= 11 is 4.48. The number of aliphatic carboxylic acids is 1. The maximum atomic E-state index is 10.8. The average molecular weight is 212 g/mol. The van der Waals surface area contributed by atoms with E-state index in [4.69, 9.17) is 9.29 Å². The molecule has 0 amide bonds. The van der Waals surface area contributed by atoms with Gasteiger partial charge in [-0.3, -0.25) is 8.98 Å². The van der Waals surface area contributed by atoms with Gasteiger partial charge in [-0.15, -0.1) is 0 Å². The van der Waals surface area contributed by atoms with E-state index in [0.717, 1.165) is 0 Å². The number of hydrogen-bond donors (Lipinski definition) is 1. The summed E-state index contributed by atoms with van der Waals surface area (Å²) in [5, 5.41) is 8.25. The van der Waals surface area contributed by atoms with Gasteiger partial charge >= 0.3 is 5.97 Å². The second kappa shape index (κ2) is 5.45. The molecule has 12 heavy (non-hydrogen) atoms. The van der Waals surface area contributed by atoms with Crippen LogP contribution < -0.4 is 0 Å². The molecule has 0 radical (unpaired) electrons. The lowest BCUT2D eigenvalue weighted by atomic mass is 10.2. The van der Waals surface area contributed by atoms with Crippen molar-refractivity contribution in [3.05, 3.63) is 0 Å². The highest BCUT2D eigenvalue weighted by Crippen LogP contribution is 1.97. The SMILES string of the molecule is CS(=O)(=S)OCCCCC(=O)O. The molecule has 1 N–H and O–H groups in total. The van der Waals surface area contributed by atoms with E-state index < -0.39 is 14.7 Å². The summed E-state index contributed by atoms with van der Waals surface area (Å²) < 4.78 is 15.5. The Bertz CT molecular complexity index is 232. The van der Waals surface area contributed by atoms with E-state index in [1.54, 1.807) is 0 Å². The molecule has 0 aromatic heterocycles. The van der Waals surface area contributed by atoms with Crippen LogP contribution in [0, 0.1) is 0 Å². The van der Waals surface area contributed by atoms with E-state index in [9.17, 15) is 9.00 Å². The maximum absolute atomic E-state index is 10.8. The second-order valence-corrected chi connectivity index (χ2v) is 5.84. The van der Waals surface area contributed by atoms with Gasteiger partial charge in [0, 0.05) is 23.9 Å². The molecule has 4 nitrogen and oxygen atoms in total. The lowest BCUT2D eigenvalue weighted by molar-refractivity contribution is -0.137. The first-order chi connectivity index (χ1) is 5.42. The van der Waals surface area contributed by atoms with Crippen molar-refractivity contribution in [1.82, 2.24) is 0 Å². The van der Waals surface area contributed by atoms with E-state index in [1.165, 1.54) is 6.26 Å². The Morgan fingerprint density at radius 2 is 2.17 bits per heavy atom. The summed E-state index contributed by atoms with van der Waals surface area (Å²) in [6, 6.07) is 0. The van der Waals surface area contributed by atoms with E-state index in [-0.39, 0.29) is 13.0 Å². The van der Waals surface area contributed by atoms with Crippen LogP contribution in [0.5, 0.6) is 0 Å². The van der Waals surface area contributed by atoms with Crippen molar-refractivity contribution in [2.75, 3.05) is 12.9 Å². The normalized spacial score (nSPS) is 15.4. The molecule has 0 aromatic rings. The fourth-order valence-electron chi connectivity index (χ4n) is 0.589. The van der Waals surface area contributed by atoms with Gasteiger partial charge in [-0.25, -0.2) is 4.21 Å². The van der Waals surface area contributed by atoms with Gasteiger partial charge < -0.3 is 5.11 Å². The fourth-order valence-corrected chi connectivity index (χ4v) is 1.21. The lowest BCUT2D eigenvalue weighted by Crippen LogP contribution is -2.03. The van der Waals surface area contributed by atoms with Crippen LogP contribution in [0.3, 0.4) is 0 Å². The number of hydrogen-bond acceptors (Lipinski definition) is 4. The number of carboxylic acid groups (broad SMARTS) is 1. The van der Waals surface area contributed by atoms with E-state index >= 15 is 0 Å². The van der Waals surface area contributed by atoms with Crippen LogP contribution in [-0.4, -0.2) is 28.1 Å². The standard InChI is InChI=1S/C6H12O4S2/c1-12(9,11)10-5-3-2-4-6(7)8/h2-5H2,1H3,(H,7,8). The van der Waals surface area contributed by atoms with Gasteiger partial charge in [0.05, 0.1) is 6.61 Å². The van der Waals surface area contributed by atoms with Gasteiger partial charge in [0.1, 0.15) is 8.77 Å². The van der Waals surface area contributed by atoms with Crippen molar-refractivity contribution in [3.63, 3.8) is 0 Å². The van der Waals surface area contributed by atoms with Gasteiger partial charge in [-0.2, -0.15) is 0 Å². The molecule has 0 aliphatic heterocycles. The first-order valence-electron chi connectivity index (χ1n) is 3.48. The third-order valence-electron chi connectivity index (χ3n) is 1.08. The minimum absolute atomic E-state index is 0.117. The van der Waals surface area contributed by atoms with Gasteiger partial charge in [0.15, 0.2) is 0 Å². The van der Waals surface area contributed by atoms with Gasteiger partial charge in [0.25, 0.3) is 0 Å². The number of unbranched alkanes of at least 4 members (excludes halogenated alkanes) is 1. The zero-order valence-corrected chi connectivity index (χ0v) is 8.45. The average Bonchev–Trinajstić information content (AvgIpc) is 1.83. The highest BCUT2D eigenvalue weighted by Gasteiger charge is 1.99. The molecule has 0 aromatic carbocycles. The largest absolute Gasteiger partial charge is 0.481 e. The Morgan fingerprint density at radius 3 is 2.58 bits per heavy atom. The fraction of sp³-hybridized carbons (Fsp3) is 0.833. The van der Waals surface area contributed by atoms with Gasteiger partial charge in [-0.1, -0.05) is 0 Å². The second-order valence-electron chi connectivity index (χ2n) is 2.38. The summed E-state index contributed by atoms with van der Waals surface area (Å²) in [5.41, 5.74) is 0. The molecular weight excluding hydrogens is 200 g/mol. The Hall–Kier alpha value is -0.200. The van der Waals surface area contributed by atoms with Crippen LogP contribution in [0.15, 0.2) is 0 Å². The van der Waals surface area contributed by atoms with Crippen LogP contribution >= 0.6 is 0 Å². The Balaban J connectivity index is 3.29. The Morgan fingerprint density at radius 1 is 1.58 bits per heavy atom. The predicted molar refractivity (Wildman–Crippen MR) is 48.9 cm³/mol. The number of carbonyl (C=O) groups is 1. The monoisotopic (exact) mass is 212 g/mol. The Labute approximate surface area is 76.8 Å². The Kier molecular flexibility index (Phi) is 5.36. The summed E-state index contributed by atoms with van der Waals surface area (Å²) in [5.74, 6) is -0.828. The first-order valence-corrected chi connectivity index (χ1v) is 6.29. The van der Waals surface area contributed by atoms with Gasteiger partial charge in [0.2, 0.25) is 0 Å². The minimum Gasteiger partial charge on any atom is -0.481 e. The van der Waals surface area contributed by atoms with Crippen LogP contribution in [0.2, 0.25) is 0 Å². The predicted octanol–water partition coefficient (Wildman–Crippen LogP) is 0.549. The third-order valence-corrected chi connectivity index (χ3v) is 1.97. The summed E-state index contributed by atoms with van der Waals surface area (Å²) in [4.78, 5) is 10.0. The van der Waals surface area contributed by atoms with Crippen molar-refractivity contribution in [2.45, 2.75) is 19.3 Å². The molecule has 0 aliphatic carbocycles. The molecule has 1 unspecified atom stereocenters. The maximum Gasteiger partial charge on any atom is 0.303 e. The molecule has 6 heteroatoms. The van der Waals surface area contributed by atoms with Crippen LogP contribution in [0.1, 0.15) is 19.3 Å². The van der Waals surface area contributed by atoms with E-state index in [2.05, 4.69) is 11.2 Å². The molecule has 0 saturated heterocycles. The van der Waals surface area contributed by atoms with E-state index in [1.807, 2.05) is 0 Å². The molecule has 0 bridgehead atoms. The zero-order chi connectivity index (χ0) is 9.61. The molecule has 0 saturated carbocycles. The number of carboxylic acids is 1. The topological polar surface area (TPSA) is 63.6 Å². The highest BCUT2D eigenvalue weighted by atomic mass is 32.8. The highest BCUT2D eigenvalue weighted by molar-refractivity contribution is 8.29. The number of rotatable bonds is 6. The molecular formula is C6H12O4S2. The summed E-state index contributed by atoms with van der Waals surface area (Å²) in [6.45, 7) is 0.270. The molecule has 72 valence electrons. The summed E-state index contributed by atoms with van der Waals surface area (Å²) in [6.07, 6.45) is 2.55. The summed E-state index contributed by atoms with van der Waals surface area (Å²) in [7, 11) is -2.54. The molecule has 0 rings (SSSR count). The van der Waals surface area contributed by atoms with E-state index in [0.29, 0.717) is 12.8 Å². The molecule has 0 heterocycles. The van der Waals surface area contributed by atoms with Gasteiger partial charge in [-0.05, 0) is 12.8 Å². The lowest BCUT2D eigenvalue weighted by Gasteiger charge is -2.01. The van der Waals surface area contributed by atoms with Crippen LogP contribution in [-0.2, 0) is 28.9 Å². The first kappa shape index (κ1) is 11.8. The minimum atomic E-state index is -2.54. The molecule has 0 spiro atoms. The van der Waals surface area contributed by atoms with Crippen LogP contribution in [0.25, 0.3) is 0 Å².